The van der Waals surface area contributed by atoms with Crippen LogP contribution in [0, 0.1) is 13.8 Å². The quantitative estimate of drug-likeness (QED) is 0.523. The lowest BCUT2D eigenvalue weighted by Crippen LogP contribution is -2.30. The van der Waals surface area contributed by atoms with Crippen LogP contribution in [0.1, 0.15) is 30.7 Å². The molecule has 0 bridgehead atoms. The SMILES string of the molecule is COc1ccc(S(=O)(=O)Nc2ccc(Nc3cc(N4CCCCC4)nc(C)n3)cc2)cc1C. The van der Waals surface area contributed by atoms with Crippen molar-refractivity contribution >= 4 is 33.0 Å². The number of aryl methyl sites for hydroxylation is 2. The zero-order valence-corrected chi connectivity index (χ0v) is 19.9. The van der Waals surface area contributed by atoms with Crippen molar-refractivity contribution < 1.29 is 13.2 Å². The molecule has 0 radical (unpaired) electrons. The summed E-state index contributed by atoms with van der Waals surface area (Å²) >= 11 is 0. The molecule has 0 unspecified atom stereocenters. The molecule has 0 amide bonds. The van der Waals surface area contributed by atoms with Crippen molar-refractivity contribution in [2.75, 3.05) is 35.1 Å². The van der Waals surface area contributed by atoms with E-state index in [-0.39, 0.29) is 4.90 Å². The Morgan fingerprint density at radius 2 is 1.61 bits per heavy atom. The molecule has 0 aliphatic carbocycles. The van der Waals surface area contributed by atoms with Crippen molar-refractivity contribution in [3.8, 4) is 5.75 Å². The second-order valence-electron chi connectivity index (χ2n) is 8.15. The topological polar surface area (TPSA) is 96.5 Å². The van der Waals surface area contributed by atoms with E-state index in [1.54, 1.807) is 31.4 Å². The highest BCUT2D eigenvalue weighted by Crippen LogP contribution is 2.26. The van der Waals surface area contributed by atoms with E-state index >= 15 is 0 Å². The third-order valence-corrected chi connectivity index (χ3v) is 6.97. The second-order valence-corrected chi connectivity index (χ2v) is 9.83. The molecule has 1 saturated heterocycles. The summed E-state index contributed by atoms with van der Waals surface area (Å²) < 4.78 is 33.4. The lowest BCUT2D eigenvalue weighted by Gasteiger charge is -2.28. The minimum absolute atomic E-state index is 0.185. The van der Waals surface area contributed by atoms with Gasteiger partial charge in [-0.15, -0.1) is 0 Å². The van der Waals surface area contributed by atoms with Crippen LogP contribution in [0.25, 0.3) is 0 Å². The lowest BCUT2D eigenvalue weighted by molar-refractivity contribution is 0.411. The Morgan fingerprint density at radius 1 is 0.909 bits per heavy atom. The monoisotopic (exact) mass is 467 g/mol. The van der Waals surface area contributed by atoms with Gasteiger partial charge in [0.05, 0.1) is 12.0 Å². The Morgan fingerprint density at radius 3 is 2.27 bits per heavy atom. The summed E-state index contributed by atoms with van der Waals surface area (Å²) in [4.78, 5) is 11.6. The molecule has 2 aromatic carbocycles. The van der Waals surface area contributed by atoms with Gasteiger partial charge in [-0.1, -0.05) is 0 Å². The predicted octanol–water partition coefficient (Wildman–Crippen LogP) is 4.64. The fourth-order valence-corrected chi connectivity index (χ4v) is 5.05. The number of nitrogens with zero attached hydrogens (tertiary/aromatic N) is 3. The van der Waals surface area contributed by atoms with Gasteiger partial charge in [0.25, 0.3) is 10.0 Å². The van der Waals surface area contributed by atoms with Crippen molar-refractivity contribution in [2.45, 2.75) is 38.0 Å². The molecular weight excluding hydrogens is 438 g/mol. The number of aromatic nitrogens is 2. The molecule has 0 atom stereocenters. The number of anilines is 4. The van der Waals surface area contributed by atoms with E-state index in [1.165, 1.54) is 25.3 Å². The third kappa shape index (κ3) is 5.54. The van der Waals surface area contributed by atoms with Gasteiger partial charge in [0.2, 0.25) is 0 Å². The summed E-state index contributed by atoms with van der Waals surface area (Å²) in [5, 5.41) is 3.30. The maximum absolute atomic E-state index is 12.8. The lowest BCUT2D eigenvalue weighted by atomic mass is 10.1. The maximum atomic E-state index is 12.8. The number of methoxy groups -OCH3 is 1. The number of rotatable bonds is 7. The first-order valence-electron chi connectivity index (χ1n) is 11.0. The molecule has 1 aliphatic rings. The molecule has 3 aromatic rings. The van der Waals surface area contributed by atoms with E-state index in [4.69, 9.17) is 4.74 Å². The molecule has 4 rings (SSSR count). The van der Waals surface area contributed by atoms with Gasteiger partial charge in [-0.05, 0) is 81.1 Å². The zero-order valence-electron chi connectivity index (χ0n) is 19.1. The van der Waals surface area contributed by atoms with Crippen molar-refractivity contribution in [3.63, 3.8) is 0 Å². The molecule has 2 N–H and O–H groups in total. The van der Waals surface area contributed by atoms with Gasteiger partial charge in [0.1, 0.15) is 23.2 Å². The molecule has 33 heavy (non-hydrogen) atoms. The molecule has 1 fully saturated rings. The molecule has 174 valence electrons. The number of nitrogens with one attached hydrogen (secondary N) is 2. The highest BCUT2D eigenvalue weighted by atomic mass is 32.2. The zero-order chi connectivity index (χ0) is 23.4. The highest BCUT2D eigenvalue weighted by molar-refractivity contribution is 7.92. The van der Waals surface area contributed by atoms with Crippen LogP contribution >= 0.6 is 0 Å². The summed E-state index contributed by atoms with van der Waals surface area (Å²) in [7, 11) is -2.15. The Bertz CT molecular complexity index is 1220. The van der Waals surface area contributed by atoms with Crippen LogP contribution in [0.4, 0.5) is 23.0 Å². The summed E-state index contributed by atoms with van der Waals surface area (Å²) in [6, 6.07) is 13.8. The fourth-order valence-electron chi connectivity index (χ4n) is 3.90. The standard InChI is InChI=1S/C24H29N5O3S/c1-17-15-21(11-12-22(17)32-3)33(30,31)28-20-9-7-19(8-10-20)27-23-16-24(26-18(2)25-23)29-13-5-4-6-14-29/h7-12,15-16,28H,4-6,13-14H2,1-3H3,(H,25,26,27). The highest BCUT2D eigenvalue weighted by Gasteiger charge is 2.16. The van der Waals surface area contributed by atoms with Gasteiger partial charge >= 0.3 is 0 Å². The van der Waals surface area contributed by atoms with E-state index < -0.39 is 10.0 Å². The number of sulfonamides is 1. The van der Waals surface area contributed by atoms with Crippen LogP contribution in [-0.4, -0.2) is 38.6 Å². The first kappa shape index (κ1) is 22.8. The number of ether oxygens (including phenoxy) is 1. The van der Waals surface area contributed by atoms with Crippen molar-refractivity contribution in [1.82, 2.24) is 9.97 Å². The van der Waals surface area contributed by atoms with Crippen molar-refractivity contribution in [3.05, 3.63) is 59.9 Å². The number of hydrogen-bond acceptors (Lipinski definition) is 7. The maximum Gasteiger partial charge on any atom is 0.261 e. The van der Waals surface area contributed by atoms with Crippen LogP contribution in [0.2, 0.25) is 0 Å². The smallest absolute Gasteiger partial charge is 0.261 e. The largest absolute Gasteiger partial charge is 0.496 e. The second kappa shape index (κ2) is 9.66. The van der Waals surface area contributed by atoms with Gasteiger partial charge in [0.15, 0.2) is 0 Å². The molecule has 9 heteroatoms. The van der Waals surface area contributed by atoms with Crippen molar-refractivity contribution in [2.24, 2.45) is 0 Å². The number of piperidine rings is 1. The van der Waals surface area contributed by atoms with E-state index in [1.807, 2.05) is 32.0 Å². The molecule has 2 heterocycles. The van der Waals surface area contributed by atoms with Crippen LogP contribution in [0.5, 0.6) is 5.75 Å². The van der Waals surface area contributed by atoms with Gasteiger partial charge in [-0.25, -0.2) is 18.4 Å². The van der Waals surface area contributed by atoms with E-state index in [9.17, 15) is 8.42 Å². The molecule has 0 saturated carbocycles. The first-order chi connectivity index (χ1) is 15.8. The minimum atomic E-state index is -3.71. The summed E-state index contributed by atoms with van der Waals surface area (Å²) in [6.07, 6.45) is 3.62. The Hall–Kier alpha value is -3.33. The Labute approximate surface area is 195 Å². The number of hydrogen-bond donors (Lipinski definition) is 2. The fraction of sp³-hybridized carbons (Fsp3) is 0.333. The Kier molecular flexibility index (Phi) is 6.69. The summed E-state index contributed by atoms with van der Waals surface area (Å²) in [6.45, 7) is 5.72. The normalized spacial score (nSPS) is 14.1. The summed E-state index contributed by atoms with van der Waals surface area (Å²) in [5.74, 6) is 3.00. The minimum Gasteiger partial charge on any atom is -0.496 e. The number of benzene rings is 2. The van der Waals surface area contributed by atoms with Gasteiger partial charge in [-0.2, -0.15) is 0 Å². The van der Waals surface area contributed by atoms with Crippen LogP contribution < -0.4 is 19.7 Å². The molecular formula is C24H29N5O3S. The molecule has 0 spiro atoms. The van der Waals surface area contributed by atoms with Crippen LogP contribution in [0.15, 0.2) is 53.4 Å². The third-order valence-electron chi connectivity index (χ3n) is 5.59. The average molecular weight is 468 g/mol. The van der Waals surface area contributed by atoms with E-state index in [2.05, 4.69) is 24.9 Å². The van der Waals surface area contributed by atoms with Crippen LogP contribution in [0.3, 0.4) is 0 Å². The van der Waals surface area contributed by atoms with E-state index in [0.29, 0.717) is 23.1 Å². The first-order valence-corrected chi connectivity index (χ1v) is 12.5. The molecule has 8 nitrogen and oxygen atoms in total. The Balaban J connectivity index is 1.46. The summed E-state index contributed by atoms with van der Waals surface area (Å²) in [5.41, 5.74) is 2.03. The van der Waals surface area contributed by atoms with Gasteiger partial charge < -0.3 is 15.0 Å². The predicted molar refractivity (Wildman–Crippen MR) is 131 cm³/mol. The molecule has 1 aromatic heterocycles. The van der Waals surface area contributed by atoms with Crippen LogP contribution in [-0.2, 0) is 10.0 Å². The van der Waals surface area contributed by atoms with Gasteiger partial charge in [0, 0.05) is 30.5 Å². The van der Waals surface area contributed by atoms with Crippen molar-refractivity contribution in [1.29, 1.82) is 0 Å². The average Bonchev–Trinajstić information content (AvgIpc) is 2.80. The van der Waals surface area contributed by atoms with Gasteiger partial charge in [-0.3, -0.25) is 4.72 Å². The van der Waals surface area contributed by atoms with E-state index in [0.717, 1.165) is 30.2 Å². The molecule has 1 aliphatic heterocycles.